The van der Waals surface area contributed by atoms with Crippen LogP contribution in [-0.2, 0) is 19.6 Å². The number of anilines is 1. The van der Waals surface area contributed by atoms with Gasteiger partial charge in [-0.05, 0) is 24.6 Å². The van der Waals surface area contributed by atoms with Crippen molar-refractivity contribution in [2.75, 3.05) is 18.6 Å². The first-order valence-corrected chi connectivity index (χ1v) is 6.91. The van der Waals surface area contributed by atoms with Crippen LogP contribution in [-0.4, -0.2) is 27.2 Å². The fourth-order valence-corrected chi connectivity index (χ4v) is 2.61. The number of esters is 1. The maximum atomic E-state index is 11.6. The summed E-state index contributed by atoms with van der Waals surface area (Å²) in [7, 11) is -2.58. The number of rotatable bonds is 5. The van der Waals surface area contributed by atoms with Crippen LogP contribution in [0, 0.1) is 0 Å². The van der Waals surface area contributed by atoms with Crippen LogP contribution < -0.4 is 10.5 Å². The van der Waals surface area contributed by atoms with E-state index in [1.807, 2.05) is 0 Å². The Kier molecular flexibility index (Phi) is 4.69. The minimum absolute atomic E-state index is 0.469. The van der Waals surface area contributed by atoms with Gasteiger partial charge in [0.15, 0.2) is 5.75 Å². The number of benzene rings is 1. The Morgan fingerprint density at radius 2 is 2.17 bits per heavy atom. The molecule has 1 atom stereocenters. The summed E-state index contributed by atoms with van der Waals surface area (Å²) in [6.45, 7) is 1.67. The molecule has 6 nitrogen and oxygen atoms in total. The maximum absolute atomic E-state index is 11.6. The Labute approximate surface area is 106 Å². The van der Waals surface area contributed by atoms with E-state index >= 15 is 0 Å². The van der Waals surface area contributed by atoms with Gasteiger partial charge in [-0.25, -0.2) is 13.1 Å². The highest BCUT2D eigenvalue weighted by Gasteiger charge is 2.20. The second-order valence-electron chi connectivity index (χ2n) is 3.84. The van der Waals surface area contributed by atoms with Gasteiger partial charge in [0.2, 0.25) is 10.0 Å². The van der Waals surface area contributed by atoms with Crippen LogP contribution in [0.15, 0.2) is 24.3 Å². The van der Waals surface area contributed by atoms with Crippen LogP contribution >= 0.6 is 0 Å². The molecule has 100 valence electrons. The summed E-state index contributed by atoms with van der Waals surface area (Å²) >= 11 is 0. The van der Waals surface area contributed by atoms with E-state index in [0.717, 1.165) is 12.7 Å². The minimum Gasteiger partial charge on any atom is -0.468 e. The average Bonchev–Trinajstić information content (AvgIpc) is 2.27. The maximum Gasteiger partial charge on any atom is 0.322 e. The number of sulfonamides is 1. The number of ether oxygens (including phenoxy) is 1. The van der Waals surface area contributed by atoms with E-state index in [0.29, 0.717) is 5.69 Å². The highest BCUT2D eigenvalue weighted by atomic mass is 32.2. The van der Waals surface area contributed by atoms with Crippen molar-refractivity contribution in [2.45, 2.75) is 13.0 Å². The van der Waals surface area contributed by atoms with Crippen LogP contribution in [0.25, 0.3) is 0 Å². The number of hydrogen-bond donors (Lipinski definition) is 2. The third kappa shape index (κ3) is 4.34. The molecule has 0 spiro atoms. The first-order valence-electron chi connectivity index (χ1n) is 5.26. The summed E-state index contributed by atoms with van der Waals surface area (Å²) in [6, 6.07) is 6.39. The molecule has 0 radical (unpaired) electrons. The van der Waals surface area contributed by atoms with Gasteiger partial charge in [-0.1, -0.05) is 12.1 Å². The fourth-order valence-electron chi connectivity index (χ4n) is 1.42. The Balaban J connectivity index is 2.75. The van der Waals surface area contributed by atoms with E-state index in [4.69, 9.17) is 5.73 Å². The molecule has 0 fully saturated rings. The molecule has 0 bridgehead atoms. The standard InChI is InChI=1S/C11H16N2O4S/c1-8(9-4-3-5-10(12)6-9)13-18(15,16)7-11(14)17-2/h3-6,8,13H,7,12H2,1-2H3. The summed E-state index contributed by atoms with van der Waals surface area (Å²) in [6.07, 6.45) is 0. The van der Waals surface area contributed by atoms with Crippen LogP contribution in [0.4, 0.5) is 5.69 Å². The van der Waals surface area contributed by atoms with Gasteiger partial charge in [-0.3, -0.25) is 4.79 Å². The first-order chi connectivity index (χ1) is 8.34. The molecule has 0 aliphatic heterocycles. The lowest BCUT2D eigenvalue weighted by Crippen LogP contribution is -2.32. The number of nitrogens with one attached hydrogen (secondary N) is 1. The molecule has 0 amide bonds. The molecule has 0 aromatic heterocycles. The van der Waals surface area contributed by atoms with Crippen molar-refractivity contribution in [3.63, 3.8) is 0 Å². The SMILES string of the molecule is COC(=O)CS(=O)(=O)NC(C)c1cccc(N)c1. The Bertz CT molecular complexity index is 528. The molecule has 1 rings (SSSR count). The van der Waals surface area contributed by atoms with Gasteiger partial charge >= 0.3 is 5.97 Å². The van der Waals surface area contributed by atoms with Crippen molar-refractivity contribution in [3.05, 3.63) is 29.8 Å². The van der Waals surface area contributed by atoms with Crippen molar-refractivity contribution < 1.29 is 17.9 Å². The number of carbonyl (C=O) groups is 1. The summed E-state index contributed by atoms with van der Waals surface area (Å²) in [5, 5.41) is 0. The van der Waals surface area contributed by atoms with Gasteiger partial charge in [-0.2, -0.15) is 0 Å². The molecule has 1 aromatic rings. The molecule has 1 aromatic carbocycles. The monoisotopic (exact) mass is 272 g/mol. The number of carbonyl (C=O) groups excluding carboxylic acids is 1. The van der Waals surface area contributed by atoms with E-state index in [-0.39, 0.29) is 0 Å². The minimum atomic E-state index is -3.72. The van der Waals surface area contributed by atoms with Crippen LogP contribution in [0.2, 0.25) is 0 Å². The van der Waals surface area contributed by atoms with Crippen molar-refractivity contribution >= 4 is 21.7 Å². The quantitative estimate of drug-likeness (QED) is 0.598. The van der Waals surface area contributed by atoms with E-state index in [1.54, 1.807) is 31.2 Å². The van der Waals surface area contributed by atoms with Gasteiger partial charge < -0.3 is 10.5 Å². The molecule has 0 aliphatic carbocycles. The van der Waals surface area contributed by atoms with Crippen LogP contribution in [0.1, 0.15) is 18.5 Å². The van der Waals surface area contributed by atoms with E-state index in [1.165, 1.54) is 0 Å². The second-order valence-corrected chi connectivity index (χ2v) is 5.60. The molecule has 1 unspecified atom stereocenters. The number of hydrogen-bond acceptors (Lipinski definition) is 5. The van der Waals surface area contributed by atoms with Gasteiger partial charge in [0, 0.05) is 11.7 Å². The molecule has 3 N–H and O–H groups in total. The highest BCUT2D eigenvalue weighted by Crippen LogP contribution is 2.16. The lowest BCUT2D eigenvalue weighted by Gasteiger charge is -2.14. The zero-order valence-electron chi connectivity index (χ0n) is 10.2. The highest BCUT2D eigenvalue weighted by molar-refractivity contribution is 7.90. The van der Waals surface area contributed by atoms with E-state index in [9.17, 15) is 13.2 Å². The molecule has 0 saturated heterocycles. The Morgan fingerprint density at radius 3 is 2.72 bits per heavy atom. The second kappa shape index (κ2) is 5.83. The largest absolute Gasteiger partial charge is 0.468 e. The normalized spacial score (nSPS) is 13.0. The molecule has 18 heavy (non-hydrogen) atoms. The molecule has 0 heterocycles. The number of nitrogens with two attached hydrogens (primary N) is 1. The third-order valence-corrected chi connectivity index (χ3v) is 3.63. The number of methoxy groups -OCH3 is 1. The topological polar surface area (TPSA) is 98.5 Å². The zero-order chi connectivity index (χ0) is 13.8. The van der Waals surface area contributed by atoms with Crippen molar-refractivity contribution in [2.24, 2.45) is 0 Å². The Hall–Kier alpha value is -1.60. The van der Waals surface area contributed by atoms with Gasteiger partial charge in [0.1, 0.15) is 0 Å². The average molecular weight is 272 g/mol. The zero-order valence-corrected chi connectivity index (χ0v) is 11.0. The van der Waals surface area contributed by atoms with Crippen LogP contribution in [0.5, 0.6) is 0 Å². The van der Waals surface area contributed by atoms with E-state index in [2.05, 4.69) is 9.46 Å². The summed E-state index contributed by atoms with van der Waals surface area (Å²) in [5.41, 5.74) is 6.88. The van der Waals surface area contributed by atoms with E-state index < -0.39 is 27.8 Å². The molecule has 7 heteroatoms. The smallest absolute Gasteiger partial charge is 0.322 e. The molecular formula is C11H16N2O4S. The van der Waals surface area contributed by atoms with Gasteiger partial charge in [-0.15, -0.1) is 0 Å². The lowest BCUT2D eigenvalue weighted by atomic mass is 10.1. The van der Waals surface area contributed by atoms with Crippen molar-refractivity contribution in [3.8, 4) is 0 Å². The summed E-state index contributed by atoms with van der Waals surface area (Å²) < 4.78 is 29.9. The Morgan fingerprint density at radius 1 is 1.50 bits per heavy atom. The first kappa shape index (κ1) is 14.5. The van der Waals surface area contributed by atoms with Crippen molar-refractivity contribution in [1.82, 2.24) is 4.72 Å². The van der Waals surface area contributed by atoms with Crippen LogP contribution in [0.3, 0.4) is 0 Å². The predicted molar refractivity (Wildman–Crippen MR) is 68.2 cm³/mol. The van der Waals surface area contributed by atoms with Gasteiger partial charge in [0.25, 0.3) is 0 Å². The fraction of sp³-hybridized carbons (Fsp3) is 0.364. The summed E-state index contributed by atoms with van der Waals surface area (Å²) in [4.78, 5) is 10.9. The number of nitrogen functional groups attached to an aromatic ring is 1. The molecule has 0 aliphatic rings. The van der Waals surface area contributed by atoms with Crippen molar-refractivity contribution in [1.29, 1.82) is 0 Å². The third-order valence-electron chi connectivity index (χ3n) is 2.30. The van der Waals surface area contributed by atoms with Gasteiger partial charge in [0.05, 0.1) is 7.11 Å². The molecule has 0 saturated carbocycles. The predicted octanol–water partition coefficient (Wildman–Crippen LogP) is 0.422. The lowest BCUT2D eigenvalue weighted by molar-refractivity contribution is -0.137. The molecular weight excluding hydrogens is 256 g/mol. The summed E-state index contributed by atoms with van der Waals surface area (Å²) in [5.74, 6) is -1.50.